The van der Waals surface area contributed by atoms with Crippen molar-refractivity contribution in [2.45, 2.75) is 19.6 Å². The van der Waals surface area contributed by atoms with Gasteiger partial charge in [0.05, 0.1) is 0 Å². The van der Waals surface area contributed by atoms with Crippen LogP contribution in [-0.2, 0) is 17.5 Å². The van der Waals surface area contributed by atoms with Gasteiger partial charge in [-0.3, -0.25) is 19.7 Å². The largest absolute Gasteiger partial charge is 0.435 e. The van der Waals surface area contributed by atoms with Crippen LogP contribution in [0.5, 0.6) is 0 Å². The van der Waals surface area contributed by atoms with Crippen molar-refractivity contribution in [2.24, 2.45) is 0 Å². The first kappa shape index (κ1) is 19.5. The molecule has 1 aromatic carbocycles. The molecule has 1 amide bonds. The maximum Gasteiger partial charge on any atom is 0.435 e. The molecule has 0 aliphatic carbocycles. The molecular formula is C16H14ClF3N4O2. The van der Waals surface area contributed by atoms with Crippen LogP contribution in [-0.4, -0.2) is 21.5 Å². The molecule has 0 atom stereocenters. The molecular weight excluding hydrogens is 373 g/mol. The second-order valence-corrected chi connectivity index (χ2v) is 5.70. The third-order valence-electron chi connectivity index (χ3n) is 3.11. The number of carbonyl (C=O) groups excluding carboxylic acids is 2. The van der Waals surface area contributed by atoms with Gasteiger partial charge in [0.15, 0.2) is 11.5 Å². The van der Waals surface area contributed by atoms with Gasteiger partial charge in [-0.2, -0.15) is 18.3 Å². The monoisotopic (exact) mass is 386 g/mol. The zero-order valence-corrected chi connectivity index (χ0v) is 14.2. The zero-order valence-electron chi connectivity index (χ0n) is 13.5. The van der Waals surface area contributed by atoms with Gasteiger partial charge in [0.2, 0.25) is 0 Å². The maximum absolute atomic E-state index is 12.4. The summed E-state index contributed by atoms with van der Waals surface area (Å²) in [6.45, 7) is 1.13. The number of hydrazine groups is 1. The van der Waals surface area contributed by atoms with E-state index in [4.69, 9.17) is 11.6 Å². The molecule has 2 rings (SSSR count). The predicted molar refractivity (Wildman–Crippen MR) is 88.0 cm³/mol. The lowest BCUT2D eigenvalue weighted by molar-refractivity contribution is -0.141. The van der Waals surface area contributed by atoms with E-state index in [2.05, 4.69) is 16.0 Å². The van der Waals surface area contributed by atoms with Gasteiger partial charge in [0.25, 0.3) is 5.91 Å². The Morgan fingerprint density at radius 1 is 1.19 bits per heavy atom. The third-order valence-corrected chi connectivity index (χ3v) is 3.36. The summed E-state index contributed by atoms with van der Waals surface area (Å²) in [6.07, 6.45) is -2.25. The Balaban J connectivity index is 1.87. The van der Waals surface area contributed by atoms with E-state index in [1.807, 2.05) is 0 Å². The van der Waals surface area contributed by atoms with E-state index >= 15 is 0 Å². The lowest BCUT2D eigenvalue weighted by atomic mass is 10.1. The molecule has 1 aromatic heterocycles. The van der Waals surface area contributed by atoms with Crippen LogP contribution in [0.25, 0.3) is 0 Å². The average Bonchev–Trinajstić information content (AvgIpc) is 3.02. The number of halogens is 4. The summed E-state index contributed by atoms with van der Waals surface area (Å²) >= 11 is 5.74. The molecule has 0 bridgehead atoms. The number of allylic oxidation sites excluding steroid dienone is 2. The fourth-order valence-electron chi connectivity index (χ4n) is 1.89. The molecule has 2 aromatic rings. The Bertz CT molecular complexity index is 829. The number of nitrogens with one attached hydrogen (secondary N) is 2. The SMILES string of the molecule is CC(=CC(=O)c1ccc(Cl)cc1)NNC(=O)Cn1ccc(C(F)(F)F)n1. The molecule has 0 aliphatic rings. The molecule has 138 valence electrons. The van der Waals surface area contributed by atoms with Crippen molar-refractivity contribution < 1.29 is 22.8 Å². The lowest BCUT2D eigenvalue weighted by Gasteiger charge is -2.09. The van der Waals surface area contributed by atoms with Crippen molar-refractivity contribution in [1.29, 1.82) is 0 Å². The Kier molecular flexibility index (Phi) is 6.04. The molecule has 10 heteroatoms. The number of amides is 1. The average molecular weight is 387 g/mol. The van der Waals surface area contributed by atoms with Crippen LogP contribution >= 0.6 is 11.6 Å². The Morgan fingerprint density at radius 2 is 1.85 bits per heavy atom. The molecule has 0 unspecified atom stereocenters. The van der Waals surface area contributed by atoms with Crippen LogP contribution in [0.4, 0.5) is 13.2 Å². The molecule has 0 aliphatic heterocycles. The van der Waals surface area contributed by atoms with E-state index in [1.54, 1.807) is 31.2 Å². The van der Waals surface area contributed by atoms with Gasteiger partial charge in [-0.1, -0.05) is 11.6 Å². The first-order chi connectivity index (χ1) is 12.1. The summed E-state index contributed by atoms with van der Waals surface area (Å²) < 4.78 is 38.2. The van der Waals surface area contributed by atoms with Crippen LogP contribution in [0.2, 0.25) is 5.02 Å². The standard InChI is InChI=1S/C16H14ClF3N4O2/c1-10(8-13(25)11-2-4-12(17)5-3-11)21-22-15(26)9-24-7-6-14(23-24)16(18,19)20/h2-8,21H,9H2,1H3,(H,22,26). The fourth-order valence-corrected chi connectivity index (χ4v) is 2.01. The first-order valence-corrected chi connectivity index (χ1v) is 7.66. The number of alkyl halides is 3. The number of hydrogen-bond donors (Lipinski definition) is 2. The highest BCUT2D eigenvalue weighted by Gasteiger charge is 2.33. The van der Waals surface area contributed by atoms with E-state index in [1.165, 1.54) is 6.08 Å². The highest BCUT2D eigenvalue weighted by molar-refractivity contribution is 6.30. The molecule has 1 heterocycles. The summed E-state index contributed by atoms with van der Waals surface area (Å²) in [7, 11) is 0. The van der Waals surface area contributed by atoms with E-state index in [0.29, 0.717) is 16.3 Å². The van der Waals surface area contributed by atoms with E-state index in [0.717, 1.165) is 16.9 Å². The third kappa shape index (κ3) is 5.62. The molecule has 0 radical (unpaired) electrons. The quantitative estimate of drug-likeness (QED) is 0.454. The van der Waals surface area contributed by atoms with Crippen molar-refractivity contribution in [3.8, 4) is 0 Å². The normalized spacial score (nSPS) is 12.0. The van der Waals surface area contributed by atoms with Crippen molar-refractivity contribution >= 4 is 23.3 Å². The van der Waals surface area contributed by atoms with Crippen molar-refractivity contribution in [3.05, 3.63) is 64.6 Å². The Hall–Kier alpha value is -2.81. The van der Waals surface area contributed by atoms with Gasteiger partial charge in [0.1, 0.15) is 6.54 Å². The molecule has 0 saturated carbocycles. The summed E-state index contributed by atoms with van der Waals surface area (Å²) in [6, 6.07) is 7.04. The van der Waals surface area contributed by atoms with Gasteiger partial charge in [0, 0.05) is 28.6 Å². The summed E-state index contributed by atoms with van der Waals surface area (Å²) in [5.41, 5.74) is 4.45. The number of carbonyl (C=O) groups is 2. The number of nitrogens with zero attached hydrogens (tertiary/aromatic N) is 2. The van der Waals surface area contributed by atoms with Gasteiger partial charge >= 0.3 is 6.18 Å². The van der Waals surface area contributed by atoms with Crippen molar-refractivity contribution in [1.82, 2.24) is 20.6 Å². The molecule has 0 saturated heterocycles. The zero-order chi connectivity index (χ0) is 19.3. The van der Waals surface area contributed by atoms with Crippen LogP contribution in [0.1, 0.15) is 23.0 Å². The minimum absolute atomic E-state index is 0.303. The maximum atomic E-state index is 12.4. The predicted octanol–water partition coefficient (Wildman–Crippen LogP) is 2.96. The minimum atomic E-state index is -4.57. The highest BCUT2D eigenvalue weighted by atomic mass is 35.5. The Morgan fingerprint density at radius 3 is 2.42 bits per heavy atom. The van der Waals surface area contributed by atoms with Crippen LogP contribution in [0.15, 0.2) is 48.3 Å². The smallest absolute Gasteiger partial charge is 0.303 e. The van der Waals surface area contributed by atoms with Gasteiger partial charge in [-0.25, -0.2) is 0 Å². The van der Waals surface area contributed by atoms with Crippen molar-refractivity contribution in [2.75, 3.05) is 0 Å². The number of rotatable bonds is 6. The molecule has 2 N–H and O–H groups in total. The lowest BCUT2D eigenvalue weighted by Crippen LogP contribution is -2.38. The summed E-state index contributed by atoms with van der Waals surface area (Å²) in [5.74, 6) is -0.934. The summed E-state index contributed by atoms with van der Waals surface area (Å²) in [4.78, 5) is 23.7. The van der Waals surface area contributed by atoms with Gasteiger partial charge in [-0.05, 0) is 37.3 Å². The van der Waals surface area contributed by atoms with Crippen molar-refractivity contribution in [3.63, 3.8) is 0 Å². The van der Waals surface area contributed by atoms with E-state index in [9.17, 15) is 22.8 Å². The molecule has 26 heavy (non-hydrogen) atoms. The fraction of sp³-hybridized carbons (Fsp3) is 0.188. The van der Waals surface area contributed by atoms with Crippen LogP contribution in [0, 0.1) is 0 Å². The summed E-state index contributed by atoms with van der Waals surface area (Å²) in [5, 5.41) is 3.77. The van der Waals surface area contributed by atoms with E-state index in [-0.39, 0.29) is 5.78 Å². The van der Waals surface area contributed by atoms with Gasteiger partial charge in [-0.15, -0.1) is 0 Å². The van der Waals surface area contributed by atoms with E-state index < -0.39 is 24.3 Å². The topological polar surface area (TPSA) is 76.0 Å². The number of aromatic nitrogens is 2. The number of benzene rings is 1. The molecule has 6 nitrogen and oxygen atoms in total. The molecule has 0 spiro atoms. The number of hydrogen-bond acceptors (Lipinski definition) is 4. The molecule has 0 fully saturated rings. The first-order valence-electron chi connectivity index (χ1n) is 7.29. The van der Waals surface area contributed by atoms with Gasteiger partial charge < -0.3 is 5.43 Å². The number of ketones is 1. The second kappa shape index (κ2) is 8.05. The minimum Gasteiger partial charge on any atom is -0.303 e. The Labute approximate surface area is 151 Å². The highest BCUT2D eigenvalue weighted by Crippen LogP contribution is 2.27. The van der Waals surface area contributed by atoms with Crippen LogP contribution in [0.3, 0.4) is 0 Å². The second-order valence-electron chi connectivity index (χ2n) is 5.27. The van der Waals surface area contributed by atoms with Crippen LogP contribution < -0.4 is 10.9 Å².